The van der Waals surface area contributed by atoms with Gasteiger partial charge in [0.05, 0.1) is 12.6 Å². The zero-order valence-corrected chi connectivity index (χ0v) is 11.2. The first-order valence-corrected chi connectivity index (χ1v) is 6.77. The van der Waals surface area contributed by atoms with Gasteiger partial charge in [-0.1, -0.05) is 30.3 Å². The van der Waals surface area contributed by atoms with Crippen LogP contribution in [0, 0.1) is 0 Å². The molecule has 2 nitrogen and oxygen atoms in total. The van der Waals surface area contributed by atoms with E-state index in [0.717, 1.165) is 12.2 Å². The number of hydrogen-bond donors (Lipinski definition) is 1. The molecule has 0 saturated carbocycles. The molecule has 0 saturated heterocycles. The fraction of sp³-hybridized carbons (Fsp3) is 0.294. The molecule has 2 heteroatoms. The van der Waals surface area contributed by atoms with E-state index in [1.165, 1.54) is 22.3 Å². The highest BCUT2D eigenvalue weighted by Crippen LogP contribution is 2.49. The molecule has 0 spiro atoms. The third-order valence-electron chi connectivity index (χ3n) is 4.62. The van der Waals surface area contributed by atoms with Crippen LogP contribution in [0.3, 0.4) is 0 Å². The molecule has 0 aromatic heterocycles. The third-order valence-corrected chi connectivity index (χ3v) is 4.62. The summed E-state index contributed by atoms with van der Waals surface area (Å²) >= 11 is 0. The molecule has 2 aliphatic rings. The summed E-state index contributed by atoms with van der Waals surface area (Å²) in [6.45, 7) is 2.28. The van der Waals surface area contributed by atoms with Gasteiger partial charge in [0, 0.05) is 6.04 Å². The molecule has 2 bridgehead atoms. The van der Waals surface area contributed by atoms with Crippen LogP contribution in [-0.2, 0) is 12.0 Å². The zero-order chi connectivity index (χ0) is 13.0. The highest BCUT2D eigenvalue weighted by molar-refractivity contribution is 5.56. The van der Waals surface area contributed by atoms with Gasteiger partial charge in [0.25, 0.3) is 0 Å². The van der Waals surface area contributed by atoms with Crippen LogP contribution in [0.2, 0.25) is 0 Å². The van der Waals surface area contributed by atoms with E-state index in [1.807, 2.05) is 0 Å². The maximum absolute atomic E-state index is 5.39. The lowest BCUT2D eigenvalue weighted by atomic mass is 9.82. The van der Waals surface area contributed by atoms with Crippen molar-refractivity contribution in [3.63, 3.8) is 0 Å². The van der Waals surface area contributed by atoms with Crippen molar-refractivity contribution in [2.75, 3.05) is 7.11 Å². The van der Waals surface area contributed by atoms with E-state index in [1.54, 1.807) is 7.11 Å². The van der Waals surface area contributed by atoms with Gasteiger partial charge in [-0.15, -0.1) is 0 Å². The summed E-state index contributed by atoms with van der Waals surface area (Å²) in [5.74, 6) is 0.937. The van der Waals surface area contributed by atoms with Crippen LogP contribution in [0.15, 0.2) is 42.5 Å². The molecule has 2 heterocycles. The van der Waals surface area contributed by atoms with Crippen molar-refractivity contribution in [3.8, 4) is 5.75 Å². The smallest absolute Gasteiger partial charge is 0.119 e. The first kappa shape index (κ1) is 11.1. The SMILES string of the molecule is COc1ccc2c(c1)C1(C)NC2Cc2ccccc21. The summed E-state index contributed by atoms with van der Waals surface area (Å²) in [7, 11) is 1.73. The molecule has 0 fully saturated rings. The second-order valence-electron chi connectivity index (χ2n) is 5.64. The highest BCUT2D eigenvalue weighted by atomic mass is 16.5. The van der Waals surface area contributed by atoms with E-state index in [2.05, 4.69) is 54.7 Å². The largest absolute Gasteiger partial charge is 0.497 e. The van der Waals surface area contributed by atoms with Crippen molar-refractivity contribution in [2.45, 2.75) is 24.9 Å². The number of nitrogens with one attached hydrogen (secondary N) is 1. The fourth-order valence-corrected chi connectivity index (χ4v) is 3.69. The van der Waals surface area contributed by atoms with Crippen LogP contribution in [0.4, 0.5) is 0 Å². The van der Waals surface area contributed by atoms with Gasteiger partial charge in [0.1, 0.15) is 5.75 Å². The Labute approximate surface area is 113 Å². The van der Waals surface area contributed by atoms with Gasteiger partial charge in [0.15, 0.2) is 0 Å². The molecular formula is C17H17NO. The molecule has 19 heavy (non-hydrogen) atoms. The predicted molar refractivity (Wildman–Crippen MR) is 75.5 cm³/mol. The average molecular weight is 251 g/mol. The molecule has 2 atom stereocenters. The Morgan fingerprint density at radius 3 is 2.84 bits per heavy atom. The van der Waals surface area contributed by atoms with E-state index in [9.17, 15) is 0 Å². The van der Waals surface area contributed by atoms with Gasteiger partial charge in [-0.3, -0.25) is 5.32 Å². The summed E-state index contributed by atoms with van der Waals surface area (Å²) in [4.78, 5) is 0. The van der Waals surface area contributed by atoms with Crippen LogP contribution in [0.5, 0.6) is 5.75 Å². The van der Waals surface area contributed by atoms with Gasteiger partial charge in [0.2, 0.25) is 0 Å². The molecular weight excluding hydrogens is 234 g/mol. The van der Waals surface area contributed by atoms with Gasteiger partial charge >= 0.3 is 0 Å². The van der Waals surface area contributed by atoms with Gasteiger partial charge < -0.3 is 4.74 Å². The monoisotopic (exact) mass is 251 g/mol. The van der Waals surface area contributed by atoms with E-state index < -0.39 is 0 Å². The quantitative estimate of drug-likeness (QED) is 0.840. The number of ether oxygens (including phenoxy) is 1. The van der Waals surface area contributed by atoms with Gasteiger partial charge in [-0.25, -0.2) is 0 Å². The van der Waals surface area contributed by atoms with Crippen molar-refractivity contribution in [1.82, 2.24) is 5.32 Å². The van der Waals surface area contributed by atoms with Crippen molar-refractivity contribution in [1.29, 1.82) is 0 Å². The van der Waals surface area contributed by atoms with Crippen LogP contribution in [0.25, 0.3) is 0 Å². The van der Waals surface area contributed by atoms with Gasteiger partial charge in [-0.05, 0) is 47.7 Å². The zero-order valence-electron chi connectivity index (χ0n) is 11.2. The second kappa shape index (κ2) is 3.61. The van der Waals surface area contributed by atoms with Crippen molar-refractivity contribution < 1.29 is 4.74 Å². The van der Waals surface area contributed by atoms with Crippen molar-refractivity contribution in [3.05, 3.63) is 64.7 Å². The Bertz CT molecular complexity index is 664. The minimum Gasteiger partial charge on any atom is -0.497 e. The Balaban J connectivity index is 1.99. The van der Waals surface area contributed by atoms with E-state index in [0.29, 0.717) is 6.04 Å². The molecule has 2 aliphatic heterocycles. The van der Waals surface area contributed by atoms with Crippen molar-refractivity contribution >= 4 is 0 Å². The summed E-state index contributed by atoms with van der Waals surface area (Å²) in [6, 6.07) is 15.7. The number of methoxy groups -OCH3 is 1. The van der Waals surface area contributed by atoms with Crippen molar-refractivity contribution in [2.24, 2.45) is 0 Å². The summed E-state index contributed by atoms with van der Waals surface area (Å²) in [6.07, 6.45) is 1.07. The number of rotatable bonds is 1. The molecule has 4 rings (SSSR count). The Kier molecular flexibility index (Phi) is 2.10. The van der Waals surface area contributed by atoms with E-state index in [-0.39, 0.29) is 5.54 Å². The second-order valence-corrected chi connectivity index (χ2v) is 5.64. The standard InChI is InChI=1S/C17H17NO/c1-17-14-6-4-3-5-11(14)9-16(18-17)13-8-7-12(19-2)10-15(13)17/h3-8,10,16,18H,9H2,1-2H3. The van der Waals surface area contributed by atoms with E-state index >= 15 is 0 Å². The minimum atomic E-state index is -0.0800. The molecule has 2 aromatic carbocycles. The maximum atomic E-state index is 5.39. The molecule has 0 aliphatic carbocycles. The summed E-state index contributed by atoms with van der Waals surface area (Å²) in [5, 5.41) is 3.78. The van der Waals surface area contributed by atoms with Crippen LogP contribution >= 0.6 is 0 Å². The lowest BCUT2D eigenvalue weighted by Crippen LogP contribution is -2.41. The maximum Gasteiger partial charge on any atom is 0.119 e. The van der Waals surface area contributed by atoms with Gasteiger partial charge in [-0.2, -0.15) is 0 Å². The molecule has 2 aromatic rings. The first-order valence-electron chi connectivity index (χ1n) is 6.77. The Hall–Kier alpha value is -1.80. The lowest BCUT2D eigenvalue weighted by molar-refractivity contribution is 0.386. The number of fused-ring (bicyclic) bond motifs is 7. The fourth-order valence-electron chi connectivity index (χ4n) is 3.69. The number of benzene rings is 2. The molecule has 0 amide bonds. The summed E-state index contributed by atoms with van der Waals surface area (Å²) in [5.41, 5.74) is 5.56. The predicted octanol–water partition coefficient (Wildman–Crippen LogP) is 3.16. The summed E-state index contributed by atoms with van der Waals surface area (Å²) < 4.78 is 5.39. The first-order chi connectivity index (χ1) is 9.22. The topological polar surface area (TPSA) is 21.3 Å². The minimum absolute atomic E-state index is 0.0800. The average Bonchev–Trinajstić information content (AvgIpc) is 2.68. The molecule has 2 unspecified atom stereocenters. The number of hydrogen-bond acceptors (Lipinski definition) is 2. The molecule has 0 radical (unpaired) electrons. The van der Waals surface area contributed by atoms with Crippen LogP contribution in [-0.4, -0.2) is 7.11 Å². The van der Waals surface area contributed by atoms with Crippen LogP contribution < -0.4 is 10.1 Å². The third kappa shape index (κ3) is 1.35. The highest BCUT2D eigenvalue weighted by Gasteiger charge is 2.45. The van der Waals surface area contributed by atoms with E-state index in [4.69, 9.17) is 4.74 Å². The Morgan fingerprint density at radius 1 is 1.16 bits per heavy atom. The lowest BCUT2D eigenvalue weighted by Gasteiger charge is -2.34. The molecule has 1 N–H and O–H groups in total. The normalized spacial score (nSPS) is 26.7. The molecule has 96 valence electrons. The Morgan fingerprint density at radius 2 is 2.00 bits per heavy atom. The van der Waals surface area contributed by atoms with Crippen LogP contribution in [0.1, 0.15) is 35.2 Å².